The van der Waals surface area contributed by atoms with Crippen molar-refractivity contribution in [1.82, 2.24) is 15.1 Å². The Morgan fingerprint density at radius 3 is 2.53 bits per heavy atom. The Balaban J connectivity index is 0.00000320. The number of para-hydroxylation sites is 1. The second-order valence-corrected chi connectivity index (χ2v) is 8.97. The lowest BCUT2D eigenvalue weighted by Crippen LogP contribution is -2.48. The van der Waals surface area contributed by atoms with Crippen molar-refractivity contribution >= 4 is 29.9 Å². The average Bonchev–Trinajstić information content (AvgIpc) is 2.72. The van der Waals surface area contributed by atoms with Crippen molar-refractivity contribution < 1.29 is 4.74 Å². The molecule has 0 aliphatic carbocycles. The van der Waals surface area contributed by atoms with E-state index in [1.54, 1.807) is 0 Å². The minimum absolute atomic E-state index is 0. The highest BCUT2D eigenvalue weighted by Crippen LogP contribution is 2.20. The third-order valence-electron chi connectivity index (χ3n) is 5.85. The van der Waals surface area contributed by atoms with Crippen LogP contribution < -0.4 is 10.1 Å². The molecule has 2 heterocycles. The Labute approximate surface area is 200 Å². The topological polar surface area (TPSA) is 40.1 Å². The summed E-state index contributed by atoms with van der Waals surface area (Å²) < 4.78 is 6.15. The van der Waals surface area contributed by atoms with Gasteiger partial charge < -0.3 is 19.9 Å². The van der Waals surface area contributed by atoms with Crippen LogP contribution in [-0.4, -0.2) is 67.7 Å². The highest BCUT2D eigenvalue weighted by atomic mass is 127. The summed E-state index contributed by atoms with van der Waals surface area (Å²) in [7, 11) is 0. The van der Waals surface area contributed by atoms with Crippen molar-refractivity contribution in [3.05, 3.63) is 30.3 Å². The summed E-state index contributed by atoms with van der Waals surface area (Å²) in [4.78, 5) is 10.1. The van der Waals surface area contributed by atoms with E-state index in [4.69, 9.17) is 9.73 Å². The Bertz CT molecular complexity index is 617. The monoisotopic (exact) mass is 528 g/mol. The van der Waals surface area contributed by atoms with Crippen LogP contribution >= 0.6 is 24.0 Å². The fourth-order valence-corrected chi connectivity index (χ4v) is 4.50. The predicted molar refractivity (Wildman–Crippen MR) is 137 cm³/mol. The van der Waals surface area contributed by atoms with Gasteiger partial charge in [-0.05, 0) is 50.3 Å². The highest BCUT2D eigenvalue weighted by molar-refractivity contribution is 14.0. The average molecular weight is 529 g/mol. The molecule has 0 amide bonds. The summed E-state index contributed by atoms with van der Waals surface area (Å²) in [5, 5.41) is 3.52. The molecule has 1 N–H and O–H groups in total. The van der Waals surface area contributed by atoms with Crippen molar-refractivity contribution in [2.75, 3.05) is 45.8 Å². The fraction of sp³-hybridized carbons (Fsp3) is 0.708. The number of halogens is 1. The van der Waals surface area contributed by atoms with Crippen LogP contribution in [-0.2, 0) is 0 Å². The van der Waals surface area contributed by atoms with E-state index < -0.39 is 0 Å². The summed E-state index contributed by atoms with van der Waals surface area (Å²) >= 11 is 0. The molecular weight excluding hydrogens is 487 g/mol. The number of benzene rings is 1. The Morgan fingerprint density at radius 1 is 1.13 bits per heavy atom. The number of aliphatic imine (C=N–C) groups is 1. The lowest BCUT2D eigenvalue weighted by Gasteiger charge is -2.35. The number of ether oxygens (including phenoxy) is 1. The van der Waals surface area contributed by atoms with Crippen LogP contribution in [0.5, 0.6) is 5.75 Å². The van der Waals surface area contributed by atoms with Gasteiger partial charge in [-0.3, -0.25) is 4.99 Å². The summed E-state index contributed by atoms with van der Waals surface area (Å²) in [6.07, 6.45) is 5.02. The Hall–Kier alpha value is -1.02. The van der Waals surface area contributed by atoms with E-state index in [9.17, 15) is 0 Å². The predicted octanol–water partition coefficient (Wildman–Crippen LogP) is 4.48. The number of rotatable bonds is 7. The summed E-state index contributed by atoms with van der Waals surface area (Å²) in [6.45, 7) is 14.3. The van der Waals surface area contributed by atoms with E-state index in [0.29, 0.717) is 12.0 Å². The molecule has 0 bridgehead atoms. The van der Waals surface area contributed by atoms with E-state index in [-0.39, 0.29) is 24.0 Å². The fourth-order valence-electron chi connectivity index (χ4n) is 4.50. The quantitative estimate of drug-likeness (QED) is 0.322. The van der Waals surface area contributed by atoms with Gasteiger partial charge in [0.2, 0.25) is 0 Å². The molecular formula is C24H41IN4O. The van der Waals surface area contributed by atoms with Gasteiger partial charge in [0.05, 0.1) is 0 Å². The molecule has 0 saturated carbocycles. The molecule has 170 valence electrons. The maximum atomic E-state index is 6.15. The summed E-state index contributed by atoms with van der Waals surface area (Å²) in [5.41, 5.74) is 0. The molecule has 0 aromatic heterocycles. The van der Waals surface area contributed by atoms with E-state index in [1.807, 2.05) is 30.3 Å². The summed E-state index contributed by atoms with van der Waals surface area (Å²) in [6, 6.07) is 10.2. The first-order valence-corrected chi connectivity index (χ1v) is 11.6. The van der Waals surface area contributed by atoms with Gasteiger partial charge >= 0.3 is 0 Å². The smallest absolute Gasteiger partial charge is 0.193 e. The molecule has 2 saturated heterocycles. The number of nitrogens with one attached hydrogen (secondary N) is 1. The molecule has 1 aromatic rings. The van der Waals surface area contributed by atoms with Crippen molar-refractivity contribution in [3.8, 4) is 5.75 Å². The van der Waals surface area contributed by atoms with Crippen LogP contribution in [0.25, 0.3) is 0 Å². The molecule has 2 aliphatic heterocycles. The van der Waals surface area contributed by atoms with Gasteiger partial charge in [-0.25, -0.2) is 0 Å². The van der Waals surface area contributed by atoms with Crippen molar-refractivity contribution in [2.24, 2.45) is 16.8 Å². The number of nitrogens with zero attached hydrogens (tertiary/aromatic N) is 3. The van der Waals surface area contributed by atoms with E-state index >= 15 is 0 Å². The molecule has 30 heavy (non-hydrogen) atoms. The van der Waals surface area contributed by atoms with Crippen LogP contribution in [0, 0.1) is 11.8 Å². The molecule has 3 rings (SSSR count). The molecule has 2 fully saturated rings. The molecule has 1 aromatic carbocycles. The molecule has 6 heteroatoms. The zero-order valence-corrected chi connectivity index (χ0v) is 21.4. The van der Waals surface area contributed by atoms with E-state index in [0.717, 1.165) is 56.6 Å². The van der Waals surface area contributed by atoms with Gasteiger partial charge in [0.1, 0.15) is 11.9 Å². The number of piperidine rings is 2. The first-order chi connectivity index (χ1) is 14.1. The van der Waals surface area contributed by atoms with Gasteiger partial charge in [0, 0.05) is 52.1 Å². The van der Waals surface area contributed by atoms with E-state index in [2.05, 4.69) is 35.9 Å². The standard InChI is InChI=1S/C24H40N4O.HI/c1-4-25-24(26-17-21-9-8-14-27(19-21)18-20(2)3)28-15-12-23(13-16-28)29-22-10-6-5-7-11-22;/h5-7,10-11,20-21,23H,4,8-9,12-19H2,1-3H3,(H,25,26);1H. The Kier molecular flexibility index (Phi) is 11.3. The molecule has 2 aliphatic rings. The maximum Gasteiger partial charge on any atom is 0.193 e. The lowest BCUT2D eigenvalue weighted by atomic mass is 9.97. The second-order valence-electron chi connectivity index (χ2n) is 8.97. The number of hydrogen-bond donors (Lipinski definition) is 1. The highest BCUT2D eigenvalue weighted by Gasteiger charge is 2.24. The number of hydrogen-bond acceptors (Lipinski definition) is 3. The zero-order chi connectivity index (χ0) is 20.5. The summed E-state index contributed by atoms with van der Waals surface area (Å²) in [5.74, 6) is 3.51. The van der Waals surface area contributed by atoms with Crippen molar-refractivity contribution in [1.29, 1.82) is 0 Å². The normalized spacial score (nSPS) is 21.4. The first kappa shape index (κ1) is 25.2. The SMILES string of the molecule is CCNC(=NCC1CCCN(CC(C)C)C1)N1CCC(Oc2ccccc2)CC1.I. The maximum absolute atomic E-state index is 6.15. The lowest BCUT2D eigenvalue weighted by molar-refractivity contribution is 0.129. The van der Waals surface area contributed by atoms with Gasteiger partial charge in [0.25, 0.3) is 0 Å². The number of guanidine groups is 1. The molecule has 5 nitrogen and oxygen atoms in total. The first-order valence-electron chi connectivity index (χ1n) is 11.6. The third kappa shape index (κ3) is 8.25. The molecule has 1 atom stereocenters. The molecule has 0 radical (unpaired) electrons. The van der Waals surface area contributed by atoms with Crippen LogP contribution in [0.4, 0.5) is 0 Å². The minimum Gasteiger partial charge on any atom is -0.490 e. The van der Waals surface area contributed by atoms with Crippen molar-refractivity contribution in [3.63, 3.8) is 0 Å². The van der Waals surface area contributed by atoms with Gasteiger partial charge in [-0.1, -0.05) is 32.0 Å². The largest absolute Gasteiger partial charge is 0.490 e. The third-order valence-corrected chi connectivity index (χ3v) is 5.85. The van der Waals surface area contributed by atoms with Crippen LogP contribution in [0.1, 0.15) is 46.5 Å². The zero-order valence-electron chi connectivity index (χ0n) is 19.1. The molecule has 0 spiro atoms. The van der Waals surface area contributed by atoms with Gasteiger partial charge in [-0.15, -0.1) is 24.0 Å². The second kappa shape index (κ2) is 13.4. The Morgan fingerprint density at radius 2 is 1.87 bits per heavy atom. The van der Waals surface area contributed by atoms with Crippen molar-refractivity contribution in [2.45, 2.75) is 52.6 Å². The van der Waals surface area contributed by atoms with Gasteiger partial charge in [0.15, 0.2) is 5.96 Å². The molecule has 1 unspecified atom stereocenters. The minimum atomic E-state index is 0. The number of likely N-dealkylation sites (tertiary alicyclic amines) is 2. The van der Waals surface area contributed by atoms with Crippen LogP contribution in [0.3, 0.4) is 0 Å². The van der Waals surface area contributed by atoms with Crippen LogP contribution in [0.15, 0.2) is 35.3 Å². The van der Waals surface area contributed by atoms with E-state index in [1.165, 1.54) is 32.5 Å². The van der Waals surface area contributed by atoms with Crippen LogP contribution in [0.2, 0.25) is 0 Å². The van der Waals surface area contributed by atoms with Gasteiger partial charge in [-0.2, -0.15) is 0 Å².